The summed E-state index contributed by atoms with van der Waals surface area (Å²) in [7, 11) is 9.38. The van der Waals surface area contributed by atoms with Crippen molar-refractivity contribution in [2.24, 2.45) is 7.05 Å². The first kappa shape index (κ1) is 16.1. The number of carbonyl (C=O) groups excluding carboxylic acids is 1. The summed E-state index contributed by atoms with van der Waals surface area (Å²) in [5.74, 6) is -0.0547. The molecule has 112 valence electrons. The van der Waals surface area contributed by atoms with E-state index in [0.717, 1.165) is 5.56 Å². The summed E-state index contributed by atoms with van der Waals surface area (Å²) in [5, 5.41) is 2.70. The molecule has 0 spiro atoms. The zero-order valence-corrected chi connectivity index (χ0v) is 14.5. The SMILES string of the molecule is CN(C)C(=O)c1ccc(-c2cc(C(F)(P)P)n(C)n2)cc1. The number of aryl methyl sites for hydroxylation is 1. The molecule has 0 aliphatic rings. The van der Waals surface area contributed by atoms with Gasteiger partial charge in [-0.1, -0.05) is 30.6 Å². The van der Waals surface area contributed by atoms with Crippen LogP contribution < -0.4 is 0 Å². The van der Waals surface area contributed by atoms with E-state index < -0.39 is 5.15 Å². The van der Waals surface area contributed by atoms with Crippen molar-refractivity contribution >= 4 is 24.4 Å². The quantitative estimate of drug-likeness (QED) is 0.814. The third-order valence-corrected chi connectivity index (χ3v) is 3.70. The molecule has 4 nitrogen and oxygen atoms in total. The smallest absolute Gasteiger partial charge is 0.253 e. The highest BCUT2D eigenvalue weighted by Crippen LogP contribution is 2.40. The molecule has 21 heavy (non-hydrogen) atoms. The summed E-state index contributed by atoms with van der Waals surface area (Å²) in [5.41, 5.74) is 2.56. The van der Waals surface area contributed by atoms with Gasteiger partial charge < -0.3 is 4.90 Å². The molecule has 0 aliphatic carbocycles. The predicted molar refractivity (Wildman–Crippen MR) is 88.9 cm³/mol. The van der Waals surface area contributed by atoms with Gasteiger partial charge in [-0.15, -0.1) is 0 Å². The lowest BCUT2D eigenvalue weighted by molar-refractivity contribution is 0.0827. The standard InChI is InChI=1S/C14H18FN3OP2/c1-17(2)13(19)10-6-4-9(5-7-10)11-8-12(14(15,20)21)18(3)16-11/h4-8H,20-21H2,1-3H3. The summed E-state index contributed by atoms with van der Waals surface area (Å²) in [6, 6.07) is 8.82. The molecule has 1 amide bonds. The lowest BCUT2D eigenvalue weighted by Crippen LogP contribution is -2.21. The van der Waals surface area contributed by atoms with Gasteiger partial charge >= 0.3 is 0 Å². The lowest BCUT2D eigenvalue weighted by Gasteiger charge is -2.12. The van der Waals surface area contributed by atoms with Crippen molar-refractivity contribution < 1.29 is 9.18 Å². The number of carbonyl (C=O) groups is 1. The Hall–Kier alpha value is -1.31. The summed E-state index contributed by atoms with van der Waals surface area (Å²) >= 11 is 0. The highest BCUT2D eigenvalue weighted by Gasteiger charge is 2.24. The predicted octanol–water partition coefficient (Wildman–Crippen LogP) is 2.62. The van der Waals surface area contributed by atoms with Crippen LogP contribution in [0.1, 0.15) is 16.1 Å². The lowest BCUT2D eigenvalue weighted by atomic mass is 10.1. The zero-order valence-electron chi connectivity index (χ0n) is 12.2. The van der Waals surface area contributed by atoms with Crippen LogP contribution in [-0.4, -0.2) is 34.7 Å². The van der Waals surface area contributed by atoms with Crippen LogP contribution >= 0.6 is 18.5 Å². The molecule has 0 aliphatic heterocycles. The molecule has 0 bridgehead atoms. The molecule has 0 radical (unpaired) electrons. The van der Waals surface area contributed by atoms with Gasteiger partial charge in [-0.3, -0.25) is 9.48 Å². The molecule has 0 fully saturated rings. The van der Waals surface area contributed by atoms with Gasteiger partial charge in [-0.25, -0.2) is 4.39 Å². The van der Waals surface area contributed by atoms with Crippen molar-refractivity contribution in [3.63, 3.8) is 0 Å². The fraction of sp³-hybridized carbons (Fsp3) is 0.286. The number of alkyl halides is 1. The van der Waals surface area contributed by atoms with Crippen LogP contribution in [-0.2, 0) is 12.2 Å². The van der Waals surface area contributed by atoms with Gasteiger partial charge in [0.25, 0.3) is 5.91 Å². The average molecular weight is 325 g/mol. The second kappa shape index (κ2) is 5.82. The molecular formula is C14H18FN3OP2. The molecule has 2 aromatic rings. The van der Waals surface area contributed by atoms with Crippen molar-refractivity contribution in [3.8, 4) is 11.3 Å². The van der Waals surface area contributed by atoms with E-state index in [-0.39, 0.29) is 5.91 Å². The molecule has 2 unspecified atom stereocenters. The second-order valence-corrected chi connectivity index (χ2v) is 7.43. The number of nitrogens with zero attached hydrogens (tertiary/aromatic N) is 3. The van der Waals surface area contributed by atoms with Gasteiger partial charge in [0.2, 0.25) is 0 Å². The van der Waals surface area contributed by atoms with Crippen LogP contribution in [0.15, 0.2) is 30.3 Å². The van der Waals surface area contributed by atoms with E-state index in [1.54, 1.807) is 39.3 Å². The van der Waals surface area contributed by atoms with Gasteiger partial charge in [-0.05, 0) is 18.2 Å². The minimum atomic E-state index is -1.61. The molecule has 2 atom stereocenters. The van der Waals surface area contributed by atoms with Gasteiger partial charge in [0.05, 0.1) is 11.4 Å². The Balaban J connectivity index is 2.34. The molecule has 0 saturated carbocycles. The number of amides is 1. The Morgan fingerprint density at radius 3 is 2.29 bits per heavy atom. The highest BCUT2D eigenvalue weighted by molar-refractivity contribution is 7.38. The molecule has 0 saturated heterocycles. The highest BCUT2D eigenvalue weighted by atomic mass is 31.1. The third kappa shape index (κ3) is 3.48. The Morgan fingerprint density at radius 1 is 1.29 bits per heavy atom. The van der Waals surface area contributed by atoms with Gasteiger partial charge in [-0.2, -0.15) is 5.10 Å². The Kier molecular flexibility index (Phi) is 4.46. The Morgan fingerprint density at radius 2 is 1.86 bits per heavy atom. The van der Waals surface area contributed by atoms with Crippen LogP contribution in [0.4, 0.5) is 4.39 Å². The minimum absolute atomic E-state index is 0.0547. The van der Waals surface area contributed by atoms with Gasteiger partial charge in [0.1, 0.15) is 0 Å². The largest absolute Gasteiger partial charge is 0.345 e. The first-order valence-corrected chi connectivity index (χ1v) is 7.49. The molecule has 7 heteroatoms. The topological polar surface area (TPSA) is 38.1 Å². The van der Waals surface area contributed by atoms with Crippen molar-refractivity contribution in [1.29, 1.82) is 0 Å². The summed E-state index contributed by atoms with van der Waals surface area (Å²) in [4.78, 5) is 13.4. The number of benzene rings is 1. The van der Waals surface area contributed by atoms with E-state index in [4.69, 9.17) is 0 Å². The number of aromatic nitrogens is 2. The van der Waals surface area contributed by atoms with E-state index in [1.807, 2.05) is 12.1 Å². The number of rotatable bonds is 3. The van der Waals surface area contributed by atoms with Crippen molar-refractivity contribution in [1.82, 2.24) is 14.7 Å². The zero-order chi connectivity index (χ0) is 15.8. The molecule has 2 rings (SSSR count). The van der Waals surface area contributed by atoms with Gasteiger partial charge in [0.15, 0.2) is 5.15 Å². The first-order chi connectivity index (χ1) is 9.70. The average Bonchev–Trinajstić information content (AvgIpc) is 2.80. The second-order valence-electron chi connectivity index (χ2n) is 5.08. The van der Waals surface area contributed by atoms with Crippen LogP contribution in [0.25, 0.3) is 11.3 Å². The van der Waals surface area contributed by atoms with Crippen LogP contribution in [0, 0.1) is 0 Å². The van der Waals surface area contributed by atoms with E-state index in [1.165, 1.54) is 9.58 Å². The maximum atomic E-state index is 14.0. The van der Waals surface area contributed by atoms with Gasteiger partial charge in [0, 0.05) is 32.3 Å². The number of hydrogen-bond donors (Lipinski definition) is 0. The number of hydrogen-bond acceptors (Lipinski definition) is 2. The molecular weight excluding hydrogens is 307 g/mol. The number of halogens is 1. The molecule has 0 N–H and O–H groups in total. The van der Waals surface area contributed by atoms with Crippen LogP contribution in [0.3, 0.4) is 0 Å². The van der Waals surface area contributed by atoms with Crippen molar-refractivity contribution in [2.75, 3.05) is 14.1 Å². The maximum Gasteiger partial charge on any atom is 0.253 e. The van der Waals surface area contributed by atoms with Crippen LogP contribution in [0.2, 0.25) is 0 Å². The summed E-state index contributed by atoms with van der Waals surface area (Å²) in [6.45, 7) is 0. The fourth-order valence-corrected chi connectivity index (χ4v) is 2.55. The van der Waals surface area contributed by atoms with E-state index in [2.05, 4.69) is 23.6 Å². The monoisotopic (exact) mass is 325 g/mol. The van der Waals surface area contributed by atoms with Crippen LogP contribution in [0.5, 0.6) is 0 Å². The third-order valence-electron chi connectivity index (χ3n) is 3.11. The molecule has 1 aromatic heterocycles. The summed E-state index contributed by atoms with van der Waals surface area (Å²) < 4.78 is 15.5. The van der Waals surface area contributed by atoms with Crippen molar-refractivity contribution in [2.45, 2.75) is 5.15 Å². The Bertz CT molecular complexity index is 660. The minimum Gasteiger partial charge on any atom is -0.345 e. The maximum absolute atomic E-state index is 14.0. The normalized spacial score (nSPS) is 11.5. The van der Waals surface area contributed by atoms with E-state index in [9.17, 15) is 9.18 Å². The Labute approximate surface area is 128 Å². The van der Waals surface area contributed by atoms with E-state index in [0.29, 0.717) is 17.0 Å². The molecule has 1 aromatic carbocycles. The first-order valence-electron chi connectivity index (χ1n) is 6.33. The molecule has 1 heterocycles. The van der Waals surface area contributed by atoms with Crippen molar-refractivity contribution in [3.05, 3.63) is 41.6 Å². The van der Waals surface area contributed by atoms with E-state index >= 15 is 0 Å². The fourth-order valence-electron chi connectivity index (χ4n) is 2.01. The summed E-state index contributed by atoms with van der Waals surface area (Å²) in [6.07, 6.45) is 0.